The molecule has 1 aliphatic heterocycles. The second-order valence-corrected chi connectivity index (χ2v) is 4.80. The Kier molecular flexibility index (Phi) is 4.19. The van der Waals surface area contributed by atoms with Crippen molar-refractivity contribution in [3.63, 3.8) is 0 Å². The molecule has 1 aliphatic rings. The molecule has 1 atom stereocenters. The van der Waals surface area contributed by atoms with Crippen molar-refractivity contribution in [1.29, 1.82) is 0 Å². The maximum Gasteiger partial charge on any atom is 0.242 e. The predicted molar refractivity (Wildman–Crippen MR) is 71.7 cm³/mol. The van der Waals surface area contributed by atoms with Gasteiger partial charge in [0.05, 0.1) is 7.11 Å². The monoisotopic (exact) mass is 251 g/mol. The smallest absolute Gasteiger partial charge is 0.242 e. The van der Waals surface area contributed by atoms with Gasteiger partial charge in [0.25, 0.3) is 0 Å². The number of piperidine rings is 1. The van der Waals surface area contributed by atoms with Crippen LogP contribution < -0.4 is 15.8 Å². The van der Waals surface area contributed by atoms with Gasteiger partial charge in [-0.15, -0.1) is 0 Å². The molecule has 0 bridgehead atoms. The van der Waals surface area contributed by atoms with E-state index in [1.807, 2.05) is 0 Å². The second-order valence-electron chi connectivity index (χ2n) is 4.80. The van der Waals surface area contributed by atoms with Crippen LogP contribution in [0.3, 0.4) is 0 Å². The Balaban J connectivity index is 1.93. The fourth-order valence-corrected chi connectivity index (χ4v) is 2.36. The summed E-state index contributed by atoms with van der Waals surface area (Å²) < 4.78 is 5.07. The number of likely N-dealkylation sites (tertiary alicyclic amines) is 1. The Morgan fingerprint density at radius 1 is 1.56 bits per heavy atom. The highest BCUT2D eigenvalue weighted by molar-refractivity contribution is 5.66. The average Bonchev–Trinajstić information content (AvgIpc) is 2.38. The fourth-order valence-electron chi connectivity index (χ4n) is 2.36. The first-order valence-electron chi connectivity index (χ1n) is 6.27. The Labute approximate surface area is 108 Å². The fraction of sp³-hybridized carbons (Fsp3) is 0.667. The Hall–Kier alpha value is -1.56. The molecule has 0 aromatic carbocycles. The molecule has 18 heavy (non-hydrogen) atoms. The first-order valence-corrected chi connectivity index (χ1v) is 6.27. The largest absolute Gasteiger partial charge is 0.479 e. The van der Waals surface area contributed by atoms with Gasteiger partial charge < -0.3 is 20.7 Å². The minimum absolute atomic E-state index is 0.424. The van der Waals surface area contributed by atoms with Crippen molar-refractivity contribution < 1.29 is 4.74 Å². The van der Waals surface area contributed by atoms with Crippen molar-refractivity contribution in [3.05, 3.63) is 6.33 Å². The molecule has 1 aromatic heterocycles. The van der Waals surface area contributed by atoms with Gasteiger partial charge in [-0.2, -0.15) is 4.98 Å². The number of nitrogen functional groups attached to an aromatic ring is 1. The molecule has 0 saturated carbocycles. The Morgan fingerprint density at radius 3 is 3.11 bits per heavy atom. The minimum Gasteiger partial charge on any atom is -0.479 e. The van der Waals surface area contributed by atoms with Crippen LogP contribution in [0.15, 0.2) is 6.33 Å². The van der Waals surface area contributed by atoms with E-state index in [0.29, 0.717) is 23.3 Å². The minimum atomic E-state index is 0.424. The van der Waals surface area contributed by atoms with Gasteiger partial charge in [-0.1, -0.05) is 0 Å². The molecule has 1 unspecified atom stereocenters. The third kappa shape index (κ3) is 3.01. The first-order chi connectivity index (χ1) is 8.70. The molecule has 2 heterocycles. The first kappa shape index (κ1) is 12.9. The van der Waals surface area contributed by atoms with Gasteiger partial charge in [0.1, 0.15) is 12.0 Å². The molecule has 6 nitrogen and oxygen atoms in total. The summed E-state index contributed by atoms with van der Waals surface area (Å²) in [7, 11) is 3.72. The number of nitrogens with one attached hydrogen (secondary N) is 1. The number of hydrogen-bond donors (Lipinski definition) is 2. The molecule has 3 N–H and O–H groups in total. The van der Waals surface area contributed by atoms with Crippen LogP contribution in [0.1, 0.15) is 12.8 Å². The number of rotatable bonds is 4. The van der Waals surface area contributed by atoms with Crippen molar-refractivity contribution in [2.45, 2.75) is 12.8 Å². The van der Waals surface area contributed by atoms with Crippen LogP contribution in [0.25, 0.3) is 0 Å². The SMILES string of the molecule is COc1ncnc(NCC2CCCN(C)C2)c1N. The number of methoxy groups -OCH3 is 1. The van der Waals surface area contributed by atoms with Crippen LogP contribution in [-0.4, -0.2) is 48.7 Å². The molecule has 1 saturated heterocycles. The quantitative estimate of drug-likeness (QED) is 0.825. The van der Waals surface area contributed by atoms with Crippen LogP contribution in [0.4, 0.5) is 11.5 Å². The van der Waals surface area contributed by atoms with E-state index in [4.69, 9.17) is 10.5 Å². The number of nitrogens with two attached hydrogens (primary N) is 1. The van der Waals surface area contributed by atoms with Crippen LogP contribution in [0.2, 0.25) is 0 Å². The average molecular weight is 251 g/mol. The van der Waals surface area contributed by atoms with Gasteiger partial charge in [0.2, 0.25) is 5.88 Å². The van der Waals surface area contributed by atoms with E-state index in [1.54, 1.807) is 7.11 Å². The molecule has 6 heteroatoms. The molecular formula is C12H21N5O. The summed E-state index contributed by atoms with van der Waals surface area (Å²) in [6, 6.07) is 0. The summed E-state index contributed by atoms with van der Waals surface area (Å²) in [5.74, 6) is 1.73. The number of aromatic nitrogens is 2. The van der Waals surface area contributed by atoms with E-state index in [0.717, 1.165) is 13.1 Å². The molecule has 0 amide bonds. The third-order valence-corrected chi connectivity index (χ3v) is 3.32. The van der Waals surface area contributed by atoms with Gasteiger partial charge in [-0.25, -0.2) is 4.98 Å². The topological polar surface area (TPSA) is 76.3 Å². The van der Waals surface area contributed by atoms with E-state index < -0.39 is 0 Å². The van der Waals surface area contributed by atoms with Crippen molar-refractivity contribution in [3.8, 4) is 5.88 Å². The van der Waals surface area contributed by atoms with Gasteiger partial charge in [0, 0.05) is 13.1 Å². The highest BCUT2D eigenvalue weighted by atomic mass is 16.5. The van der Waals surface area contributed by atoms with Crippen molar-refractivity contribution in [2.75, 3.05) is 44.8 Å². The molecule has 0 spiro atoms. The molecule has 100 valence electrons. The molecule has 0 radical (unpaired) electrons. The highest BCUT2D eigenvalue weighted by Crippen LogP contribution is 2.24. The number of ether oxygens (including phenoxy) is 1. The molecule has 1 fully saturated rings. The molecule has 1 aromatic rings. The summed E-state index contributed by atoms with van der Waals surface area (Å²) in [4.78, 5) is 10.5. The molecule has 2 rings (SSSR count). The summed E-state index contributed by atoms with van der Waals surface area (Å²) >= 11 is 0. The number of nitrogens with zero attached hydrogens (tertiary/aromatic N) is 3. The van der Waals surface area contributed by atoms with Crippen LogP contribution in [0, 0.1) is 5.92 Å². The van der Waals surface area contributed by atoms with E-state index in [1.165, 1.54) is 25.7 Å². The van der Waals surface area contributed by atoms with Crippen LogP contribution in [0.5, 0.6) is 5.88 Å². The lowest BCUT2D eigenvalue weighted by molar-refractivity contribution is 0.217. The second kappa shape index (κ2) is 5.86. The summed E-state index contributed by atoms with van der Waals surface area (Å²) in [5.41, 5.74) is 6.39. The maximum absolute atomic E-state index is 5.91. The van der Waals surface area contributed by atoms with Crippen LogP contribution in [-0.2, 0) is 0 Å². The van der Waals surface area contributed by atoms with E-state index in [9.17, 15) is 0 Å². The zero-order chi connectivity index (χ0) is 13.0. The number of anilines is 2. The summed E-state index contributed by atoms with van der Waals surface area (Å²) in [5, 5.41) is 3.30. The van der Waals surface area contributed by atoms with Gasteiger partial charge in [-0.05, 0) is 32.4 Å². The van der Waals surface area contributed by atoms with Crippen molar-refractivity contribution >= 4 is 11.5 Å². The maximum atomic E-state index is 5.91. The van der Waals surface area contributed by atoms with E-state index in [-0.39, 0.29) is 0 Å². The van der Waals surface area contributed by atoms with Gasteiger partial charge in [-0.3, -0.25) is 0 Å². The summed E-state index contributed by atoms with van der Waals surface area (Å²) in [6.07, 6.45) is 3.97. The Bertz CT molecular complexity index is 398. The lowest BCUT2D eigenvalue weighted by Gasteiger charge is -2.29. The van der Waals surface area contributed by atoms with Crippen LogP contribution >= 0.6 is 0 Å². The molecular weight excluding hydrogens is 230 g/mol. The van der Waals surface area contributed by atoms with Gasteiger partial charge >= 0.3 is 0 Å². The predicted octanol–water partition coefficient (Wildman–Crippen LogP) is 0.821. The third-order valence-electron chi connectivity index (χ3n) is 3.32. The van der Waals surface area contributed by atoms with Crippen molar-refractivity contribution in [2.24, 2.45) is 5.92 Å². The highest BCUT2D eigenvalue weighted by Gasteiger charge is 2.17. The zero-order valence-electron chi connectivity index (χ0n) is 11.0. The summed E-state index contributed by atoms with van der Waals surface area (Å²) in [6.45, 7) is 3.20. The van der Waals surface area contributed by atoms with Gasteiger partial charge in [0.15, 0.2) is 5.82 Å². The van der Waals surface area contributed by atoms with Crippen molar-refractivity contribution in [1.82, 2.24) is 14.9 Å². The van der Waals surface area contributed by atoms with E-state index in [2.05, 4.69) is 27.2 Å². The standard InChI is InChI=1S/C12H21N5O/c1-17-5-3-4-9(7-17)6-14-11-10(13)12(18-2)16-8-15-11/h8-9H,3-7,13H2,1-2H3,(H,14,15,16). The number of hydrogen-bond acceptors (Lipinski definition) is 6. The normalized spacial score (nSPS) is 20.7. The Morgan fingerprint density at radius 2 is 2.39 bits per heavy atom. The van der Waals surface area contributed by atoms with E-state index >= 15 is 0 Å². The zero-order valence-corrected chi connectivity index (χ0v) is 11.0. The molecule has 0 aliphatic carbocycles. The lowest BCUT2D eigenvalue weighted by atomic mass is 9.98. The lowest BCUT2D eigenvalue weighted by Crippen LogP contribution is -2.35.